The highest BCUT2D eigenvalue weighted by molar-refractivity contribution is 6.31. The standard InChI is InChI=1S/C21H21Cl2NO2/c22-17-8-4-15(5-9-17)20(25)14-19(24-12-2-1-3-13-24)21(26)16-6-10-18(23)11-7-16/h4-11,19H,1-3,12-14H2/t19-/m1/s1. The lowest BCUT2D eigenvalue weighted by Gasteiger charge is -2.33. The van der Waals surface area contributed by atoms with Crippen LogP contribution in [0.4, 0.5) is 0 Å². The third-order valence-corrected chi connectivity index (χ3v) is 5.31. The summed E-state index contributed by atoms with van der Waals surface area (Å²) in [5.74, 6) is -0.0644. The minimum Gasteiger partial charge on any atom is -0.294 e. The Hall–Kier alpha value is -1.68. The van der Waals surface area contributed by atoms with Crippen LogP contribution in [0.2, 0.25) is 10.0 Å². The summed E-state index contributed by atoms with van der Waals surface area (Å²) in [6.45, 7) is 1.69. The Labute approximate surface area is 163 Å². The molecule has 0 unspecified atom stereocenters. The largest absolute Gasteiger partial charge is 0.294 e. The molecule has 1 aliphatic rings. The smallest absolute Gasteiger partial charge is 0.180 e. The number of ketones is 2. The fourth-order valence-corrected chi connectivity index (χ4v) is 3.61. The molecule has 0 amide bonds. The summed E-state index contributed by atoms with van der Waals surface area (Å²) in [6, 6.07) is 13.3. The molecule has 3 nitrogen and oxygen atoms in total. The summed E-state index contributed by atoms with van der Waals surface area (Å²) in [6.07, 6.45) is 3.45. The van der Waals surface area contributed by atoms with E-state index in [4.69, 9.17) is 23.2 Å². The van der Waals surface area contributed by atoms with Crippen LogP contribution in [-0.2, 0) is 0 Å². The molecule has 5 heteroatoms. The van der Waals surface area contributed by atoms with Crippen LogP contribution < -0.4 is 0 Å². The molecular formula is C21H21Cl2NO2. The first-order chi connectivity index (χ1) is 12.5. The van der Waals surface area contributed by atoms with Crippen LogP contribution in [0.3, 0.4) is 0 Å². The van der Waals surface area contributed by atoms with Gasteiger partial charge in [0.05, 0.1) is 6.04 Å². The maximum atomic E-state index is 13.1. The Kier molecular flexibility index (Phi) is 6.47. The van der Waals surface area contributed by atoms with Gasteiger partial charge in [0.2, 0.25) is 0 Å². The van der Waals surface area contributed by atoms with Crippen molar-refractivity contribution in [3.05, 3.63) is 69.7 Å². The molecule has 1 saturated heterocycles. The highest BCUT2D eigenvalue weighted by Crippen LogP contribution is 2.21. The molecule has 0 saturated carbocycles. The molecule has 0 spiro atoms. The molecule has 3 rings (SSSR count). The summed E-state index contributed by atoms with van der Waals surface area (Å²) >= 11 is 11.8. The number of nitrogens with zero attached hydrogens (tertiary/aromatic N) is 1. The summed E-state index contributed by atoms with van der Waals surface area (Å²) in [5.41, 5.74) is 1.18. The molecule has 1 fully saturated rings. The first-order valence-corrected chi connectivity index (χ1v) is 9.63. The first-order valence-electron chi connectivity index (χ1n) is 8.87. The highest BCUT2D eigenvalue weighted by atomic mass is 35.5. The van der Waals surface area contributed by atoms with E-state index in [1.807, 2.05) is 0 Å². The van der Waals surface area contributed by atoms with E-state index in [-0.39, 0.29) is 18.0 Å². The van der Waals surface area contributed by atoms with E-state index in [1.54, 1.807) is 48.5 Å². The van der Waals surface area contributed by atoms with Gasteiger partial charge in [0, 0.05) is 27.6 Å². The van der Waals surface area contributed by atoms with Crippen LogP contribution in [0.25, 0.3) is 0 Å². The van der Waals surface area contributed by atoms with Gasteiger partial charge in [-0.2, -0.15) is 0 Å². The van der Waals surface area contributed by atoms with Crippen molar-refractivity contribution in [2.75, 3.05) is 13.1 Å². The van der Waals surface area contributed by atoms with Gasteiger partial charge in [-0.3, -0.25) is 14.5 Å². The second kappa shape index (κ2) is 8.81. The number of halogens is 2. The van der Waals surface area contributed by atoms with E-state index in [2.05, 4.69) is 4.90 Å². The van der Waals surface area contributed by atoms with Gasteiger partial charge in [0.25, 0.3) is 0 Å². The van der Waals surface area contributed by atoms with Gasteiger partial charge in [-0.05, 0) is 74.5 Å². The molecule has 1 heterocycles. The van der Waals surface area contributed by atoms with Crippen molar-refractivity contribution in [3.63, 3.8) is 0 Å². The first kappa shape index (κ1) is 19.1. The van der Waals surface area contributed by atoms with E-state index in [0.717, 1.165) is 25.9 Å². The topological polar surface area (TPSA) is 37.4 Å². The van der Waals surface area contributed by atoms with Gasteiger partial charge in [-0.1, -0.05) is 29.6 Å². The maximum Gasteiger partial charge on any atom is 0.180 e. The van der Waals surface area contributed by atoms with Gasteiger partial charge in [0.15, 0.2) is 11.6 Å². The predicted octanol–water partition coefficient (Wildman–Crippen LogP) is 5.30. The van der Waals surface area contributed by atoms with E-state index in [1.165, 1.54) is 6.42 Å². The molecule has 2 aromatic rings. The molecule has 0 aromatic heterocycles. The average Bonchev–Trinajstić information content (AvgIpc) is 2.67. The molecule has 0 N–H and O–H groups in total. The molecule has 0 bridgehead atoms. The molecule has 0 radical (unpaired) electrons. The SMILES string of the molecule is O=C(C[C@H](C(=O)c1ccc(Cl)cc1)N1CCCCC1)c1ccc(Cl)cc1. The Bertz CT molecular complexity index is 766. The van der Waals surface area contributed by atoms with E-state index < -0.39 is 6.04 Å². The van der Waals surface area contributed by atoms with Crippen LogP contribution in [0.5, 0.6) is 0 Å². The zero-order valence-electron chi connectivity index (χ0n) is 14.5. The third kappa shape index (κ3) is 4.73. The highest BCUT2D eigenvalue weighted by Gasteiger charge is 2.30. The molecular weight excluding hydrogens is 369 g/mol. The summed E-state index contributed by atoms with van der Waals surface area (Å²) in [4.78, 5) is 28.0. The fourth-order valence-electron chi connectivity index (χ4n) is 3.35. The molecule has 26 heavy (non-hydrogen) atoms. The summed E-state index contributed by atoms with van der Waals surface area (Å²) < 4.78 is 0. The fraction of sp³-hybridized carbons (Fsp3) is 0.333. The Morgan fingerprint density at radius 2 is 1.31 bits per heavy atom. The third-order valence-electron chi connectivity index (χ3n) is 4.81. The van der Waals surface area contributed by atoms with Crippen molar-refractivity contribution in [3.8, 4) is 0 Å². The lowest BCUT2D eigenvalue weighted by molar-refractivity contribution is 0.0716. The molecule has 136 valence electrons. The normalized spacial score (nSPS) is 16.2. The lowest BCUT2D eigenvalue weighted by atomic mass is 9.94. The number of carbonyl (C=O) groups is 2. The summed E-state index contributed by atoms with van der Waals surface area (Å²) in [5, 5.41) is 1.18. The van der Waals surface area contributed by atoms with Gasteiger partial charge >= 0.3 is 0 Å². The maximum absolute atomic E-state index is 13.1. The van der Waals surface area contributed by atoms with Crippen molar-refractivity contribution in [2.24, 2.45) is 0 Å². The zero-order valence-corrected chi connectivity index (χ0v) is 16.0. The van der Waals surface area contributed by atoms with Crippen molar-refractivity contribution in [2.45, 2.75) is 31.7 Å². The van der Waals surface area contributed by atoms with Gasteiger partial charge in [-0.15, -0.1) is 0 Å². The molecule has 1 aliphatic heterocycles. The number of Topliss-reactive ketones (excluding diaryl/α,β-unsaturated/α-hetero) is 2. The van der Waals surface area contributed by atoms with Crippen LogP contribution in [0.15, 0.2) is 48.5 Å². The van der Waals surface area contributed by atoms with Gasteiger partial charge < -0.3 is 0 Å². The van der Waals surface area contributed by atoms with Crippen molar-refractivity contribution in [1.82, 2.24) is 4.90 Å². The zero-order chi connectivity index (χ0) is 18.5. The van der Waals surface area contributed by atoms with Gasteiger partial charge in [0.1, 0.15) is 0 Å². The minimum atomic E-state index is -0.445. The number of hydrogen-bond acceptors (Lipinski definition) is 3. The summed E-state index contributed by atoms with van der Waals surface area (Å²) in [7, 11) is 0. The van der Waals surface area contributed by atoms with Gasteiger partial charge in [-0.25, -0.2) is 0 Å². The number of benzene rings is 2. The van der Waals surface area contributed by atoms with Crippen LogP contribution >= 0.6 is 23.2 Å². The number of piperidine rings is 1. The molecule has 2 aromatic carbocycles. The van der Waals surface area contributed by atoms with E-state index >= 15 is 0 Å². The Morgan fingerprint density at radius 1 is 0.808 bits per heavy atom. The van der Waals surface area contributed by atoms with Crippen molar-refractivity contribution < 1.29 is 9.59 Å². The number of rotatable bonds is 6. The number of likely N-dealkylation sites (tertiary alicyclic amines) is 1. The van der Waals surface area contributed by atoms with Crippen LogP contribution in [0.1, 0.15) is 46.4 Å². The Balaban J connectivity index is 1.82. The number of carbonyl (C=O) groups excluding carboxylic acids is 2. The second-order valence-corrected chi connectivity index (χ2v) is 7.49. The second-order valence-electron chi connectivity index (χ2n) is 6.62. The average molecular weight is 390 g/mol. The number of hydrogen-bond donors (Lipinski definition) is 0. The van der Waals surface area contributed by atoms with E-state index in [0.29, 0.717) is 21.2 Å². The van der Waals surface area contributed by atoms with Crippen LogP contribution in [-0.4, -0.2) is 35.6 Å². The monoisotopic (exact) mass is 389 g/mol. The minimum absolute atomic E-state index is 0.0223. The lowest BCUT2D eigenvalue weighted by Crippen LogP contribution is -2.45. The van der Waals surface area contributed by atoms with Crippen LogP contribution in [0, 0.1) is 0 Å². The van der Waals surface area contributed by atoms with Crippen molar-refractivity contribution in [1.29, 1.82) is 0 Å². The predicted molar refractivity (Wildman–Crippen MR) is 105 cm³/mol. The van der Waals surface area contributed by atoms with Crippen molar-refractivity contribution >= 4 is 34.8 Å². The Morgan fingerprint density at radius 3 is 1.85 bits per heavy atom. The van der Waals surface area contributed by atoms with E-state index in [9.17, 15) is 9.59 Å². The quantitative estimate of drug-likeness (QED) is 0.628. The molecule has 1 atom stereocenters. The molecule has 0 aliphatic carbocycles.